The van der Waals surface area contributed by atoms with Crippen molar-refractivity contribution in [1.82, 2.24) is 9.47 Å². The molecule has 1 aromatic heterocycles. The van der Waals surface area contributed by atoms with Crippen LogP contribution in [0, 0.1) is 0 Å². The maximum Gasteiger partial charge on any atom is 0.293 e. The van der Waals surface area contributed by atoms with Gasteiger partial charge in [0, 0.05) is 42.7 Å². The summed E-state index contributed by atoms with van der Waals surface area (Å²) in [6.45, 7) is 0.701. The number of amides is 2. The number of carbonyl (C=O) groups is 2. The minimum Gasteiger partial charge on any atom is -0.342 e. The van der Waals surface area contributed by atoms with Gasteiger partial charge in [0.1, 0.15) is 0 Å². The minimum atomic E-state index is -0.295. The Balaban J connectivity index is 1.49. The third-order valence-electron chi connectivity index (χ3n) is 5.66. The van der Waals surface area contributed by atoms with Crippen LogP contribution in [0.4, 0.5) is 4.79 Å². The number of para-hydroxylation sites is 1. The molecule has 2 amide bonds. The largest absolute Gasteiger partial charge is 0.342 e. The topological polar surface area (TPSA) is 42.3 Å². The van der Waals surface area contributed by atoms with Crippen LogP contribution in [0.5, 0.6) is 0 Å². The predicted octanol–water partition coefficient (Wildman–Crippen LogP) is 8.00. The molecule has 0 atom stereocenters. The van der Waals surface area contributed by atoms with Crippen molar-refractivity contribution < 1.29 is 9.59 Å². The molecule has 1 fully saturated rings. The van der Waals surface area contributed by atoms with E-state index in [-0.39, 0.29) is 17.7 Å². The fourth-order valence-corrected chi connectivity index (χ4v) is 5.71. The molecular formula is C26H17BrCl2N2O2S. The summed E-state index contributed by atoms with van der Waals surface area (Å²) in [6, 6.07) is 20.9. The van der Waals surface area contributed by atoms with E-state index in [4.69, 9.17) is 23.2 Å². The highest BCUT2D eigenvalue weighted by Gasteiger charge is 2.35. The molecule has 4 nitrogen and oxygen atoms in total. The Labute approximate surface area is 219 Å². The molecule has 1 aliphatic heterocycles. The molecular weight excluding hydrogens is 555 g/mol. The monoisotopic (exact) mass is 570 g/mol. The van der Waals surface area contributed by atoms with Gasteiger partial charge in [-0.15, -0.1) is 0 Å². The van der Waals surface area contributed by atoms with Crippen LogP contribution in [-0.4, -0.2) is 20.6 Å². The molecule has 0 unspecified atom stereocenters. The first kappa shape index (κ1) is 23.2. The van der Waals surface area contributed by atoms with Gasteiger partial charge in [-0.2, -0.15) is 0 Å². The molecule has 8 heteroatoms. The van der Waals surface area contributed by atoms with Crippen molar-refractivity contribution in [3.05, 3.63) is 109 Å². The maximum atomic E-state index is 13.1. The average molecular weight is 572 g/mol. The van der Waals surface area contributed by atoms with Crippen molar-refractivity contribution >= 4 is 79.0 Å². The highest BCUT2D eigenvalue weighted by molar-refractivity contribution is 9.10. The van der Waals surface area contributed by atoms with Gasteiger partial charge in [-0.3, -0.25) is 14.5 Å². The number of nitrogens with zero attached hydrogens (tertiary/aromatic N) is 2. The number of imide groups is 1. The van der Waals surface area contributed by atoms with Gasteiger partial charge in [0.05, 0.1) is 18.0 Å². The van der Waals surface area contributed by atoms with E-state index in [1.165, 1.54) is 4.90 Å². The molecule has 2 heterocycles. The van der Waals surface area contributed by atoms with Gasteiger partial charge >= 0.3 is 0 Å². The molecule has 5 rings (SSSR count). The second-order valence-corrected chi connectivity index (χ2v) is 10.5. The van der Waals surface area contributed by atoms with Gasteiger partial charge in [-0.25, -0.2) is 0 Å². The zero-order valence-electron chi connectivity index (χ0n) is 17.7. The van der Waals surface area contributed by atoms with Gasteiger partial charge in [0.2, 0.25) is 0 Å². The van der Waals surface area contributed by atoms with E-state index in [1.54, 1.807) is 6.08 Å². The van der Waals surface area contributed by atoms with Crippen molar-refractivity contribution in [3.63, 3.8) is 0 Å². The first-order valence-electron chi connectivity index (χ1n) is 10.4. The van der Waals surface area contributed by atoms with Crippen molar-refractivity contribution in [2.75, 3.05) is 0 Å². The SMILES string of the molecule is O=C1S/C(=C\c2cn(Cc3c(Cl)cccc3Cl)c3ccccc23)C(=O)N1Cc1ccccc1Br. The third kappa shape index (κ3) is 4.43. The highest BCUT2D eigenvalue weighted by atomic mass is 79.9. The first-order chi connectivity index (χ1) is 16.4. The smallest absolute Gasteiger partial charge is 0.293 e. The Kier molecular flexibility index (Phi) is 6.58. The maximum absolute atomic E-state index is 13.1. The second kappa shape index (κ2) is 9.62. The highest BCUT2D eigenvalue weighted by Crippen LogP contribution is 2.36. The normalized spacial score (nSPS) is 15.1. The van der Waals surface area contributed by atoms with Gasteiger partial charge in [-0.1, -0.05) is 81.6 Å². The molecule has 0 saturated carbocycles. The molecule has 0 bridgehead atoms. The molecule has 4 aromatic rings. The van der Waals surface area contributed by atoms with Crippen LogP contribution in [-0.2, 0) is 17.9 Å². The minimum absolute atomic E-state index is 0.218. The van der Waals surface area contributed by atoms with Crippen LogP contribution in [0.25, 0.3) is 17.0 Å². The van der Waals surface area contributed by atoms with Crippen LogP contribution in [0.1, 0.15) is 16.7 Å². The number of rotatable bonds is 5. The van der Waals surface area contributed by atoms with E-state index in [0.717, 1.165) is 43.8 Å². The van der Waals surface area contributed by atoms with E-state index in [0.29, 0.717) is 21.5 Å². The lowest BCUT2D eigenvalue weighted by atomic mass is 10.1. The van der Waals surface area contributed by atoms with Crippen LogP contribution >= 0.6 is 50.9 Å². The second-order valence-electron chi connectivity index (χ2n) is 7.79. The fourth-order valence-electron chi connectivity index (χ4n) is 3.95. The molecule has 0 radical (unpaired) electrons. The zero-order valence-corrected chi connectivity index (χ0v) is 21.6. The lowest BCUT2D eigenvalue weighted by Gasteiger charge is -2.13. The summed E-state index contributed by atoms with van der Waals surface area (Å²) in [7, 11) is 0. The number of hydrogen-bond acceptors (Lipinski definition) is 3. The lowest BCUT2D eigenvalue weighted by Crippen LogP contribution is -2.27. The third-order valence-corrected chi connectivity index (χ3v) is 8.05. The Morgan fingerprint density at radius 3 is 2.35 bits per heavy atom. The van der Waals surface area contributed by atoms with Crippen LogP contribution < -0.4 is 0 Å². The number of hydrogen-bond donors (Lipinski definition) is 0. The molecule has 0 N–H and O–H groups in total. The summed E-state index contributed by atoms with van der Waals surface area (Å²) in [5.74, 6) is -0.295. The van der Waals surface area contributed by atoms with Crippen LogP contribution in [0.15, 0.2) is 82.3 Å². The number of benzene rings is 3. The van der Waals surface area contributed by atoms with E-state index in [2.05, 4.69) is 20.5 Å². The van der Waals surface area contributed by atoms with E-state index in [9.17, 15) is 9.59 Å². The number of aromatic nitrogens is 1. The average Bonchev–Trinajstić information content (AvgIpc) is 3.30. The molecule has 34 heavy (non-hydrogen) atoms. The summed E-state index contributed by atoms with van der Waals surface area (Å²) in [4.78, 5) is 27.5. The zero-order chi connectivity index (χ0) is 23.8. The number of carbonyl (C=O) groups excluding carboxylic acids is 2. The van der Waals surface area contributed by atoms with Crippen LogP contribution in [0.2, 0.25) is 10.0 Å². The van der Waals surface area contributed by atoms with Gasteiger partial charge < -0.3 is 4.57 Å². The predicted molar refractivity (Wildman–Crippen MR) is 143 cm³/mol. The summed E-state index contributed by atoms with van der Waals surface area (Å²) < 4.78 is 2.92. The number of thioether (sulfide) groups is 1. The van der Waals surface area contributed by atoms with E-state index in [1.807, 2.05) is 72.9 Å². The lowest BCUT2D eigenvalue weighted by molar-refractivity contribution is -0.123. The molecule has 1 aliphatic rings. The molecule has 0 aliphatic carbocycles. The Morgan fingerprint density at radius 1 is 0.882 bits per heavy atom. The summed E-state index contributed by atoms with van der Waals surface area (Å²) in [5.41, 5.74) is 3.54. The first-order valence-corrected chi connectivity index (χ1v) is 12.8. The van der Waals surface area contributed by atoms with E-state index < -0.39 is 0 Å². The molecule has 0 spiro atoms. The van der Waals surface area contributed by atoms with Crippen LogP contribution in [0.3, 0.4) is 0 Å². The Morgan fingerprint density at radius 2 is 1.59 bits per heavy atom. The van der Waals surface area contributed by atoms with E-state index >= 15 is 0 Å². The summed E-state index contributed by atoms with van der Waals surface area (Å²) >= 11 is 17.2. The molecule has 170 valence electrons. The Bertz CT molecular complexity index is 1460. The van der Waals surface area contributed by atoms with Crippen molar-refractivity contribution in [3.8, 4) is 0 Å². The van der Waals surface area contributed by atoms with Gasteiger partial charge in [-0.05, 0) is 47.7 Å². The van der Waals surface area contributed by atoms with Crippen molar-refractivity contribution in [1.29, 1.82) is 0 Å². The van der Waals surface area contributed by atoms with Gasteiger partial charge in [0.15, 0.2) is 0 Å². The Hall–Kier alpha value is -2.51. The summed E-state index contributed by atoms with van der Waals surface area (Å²) in [6.07, 6.45) is 3.75. The summed E-state index contributed by atoms with van der Waals surface area (Å²) in [5, 5.41) is 1.89. The number of halogens is 3. The fraction of sp³-hybridized carbons (Fsp3) is 0.0769. The molecule has 1 saturated heterocycles. The molecule has 3 aromatic carbocycles. The standard InChI is InChI=1S/C26H17BrCl2N2O2S/c27-20-8-3-1-6-16(20)14-31-25(32)24(34-26(31)33)12-17-13-30(23-11-4-2-7-18(17)23)15-19-21(28)9-5-10-22(19)29/h1-13H,14-15H2/b24-12-. The van der Waals surface area contributed by atoms with Gasteiger partial charge in [0.25, 0.3) is 11.1 Å². The van der Waals surface area contributed by atoms with Crippen molar-refractivity contribution in [2.45, 2.75) is 13.1 Å². The number of fused-ring (bicyclic) bond motifs is 1. The quantitative estimate of drug-likeness (QED) is 0.228. The van der Waals surface area contributed by atoms with Crippen molar-refractivity contribution in [2.24, 2.45) is 0 Å².